The number of esters is 2. The minimum atomic E-state index is -1.42. The van der Waals surface area contributed by atoms with Crippen molar-refractivity contribution in [2.75, 3.05) is 13.2 Å². The van der Waals surface area contributed by atoms with Crippen LogP contribution < -0.4 is 0 Å². The number of carbonyl (C=O) groups is 2. The number of aliphatic hydroxyl groups excluding tert-OH is 2. The van der Waals surface area contributed by atoms with E-state index in [1.807, 2.05) is 0 Å². The van der Waals surface area contributed by atoms with Crippen LogP contribution in [0.4, 0.5) is 0 Å². The summed E-state index contributed by atoms with van der Waals surface area (Å²) in [5.74, 6) is -1.11. The van der Waals surface area contributed by atoms with Gasteiger partial charge in [0.05, 0.1) is 26.1 Å². The number of hydrogen-bond acceptors (Lipinski definition) is 8. The van der Waals surface area contributed by atoms with E-state index in [1.165, 1.54) is 0 Å². The molecule has 0 bridgehead atoms. The Morgan fingerprint density at radius 2 is 1.10 bits per heavy atom. The van der Waals surface area contributed by atoms with Gasteiger partial charge in [-0.3, -0.25) is 9.59 Å². The Morgan fingerprint density at radius 1 is 0.750 bits per heavy atom. The molecule has 4 N–H and O–H groups in total. The highest BCUT2D eigenvalue weighted by molar-refractivity contribution is 5.77. The number of carbonyl (C=O) groups excluding carboxylic acids is 2. The van der Waals surface area contributed by atoms with Gasteiger partial charge in [-0.2, -0.15) is 0 Å². The summed E-state index contributed by atoms with van der Waals surface area (Å²) in [4.78, 5) is 22.4. The molecule has 0 aliphatic heterocycles. The normalized spacial score (nSPS) is 10.9. The lowest BCUT2D eigenvalue weighted by Crippen LogP contribution is -2.13. The molecule has 0 fully saturated rings. The molecule has 0 atom stereocenters. The van der Waals surface area contributed by atoms with E-state index >= 15 is 0 Å². The molecule has 0 aromatic carbocycles. The number of aliphatic hydroxyl groups is 4. The van der Waals surface area contributed by atoms with Crippen LogP contribution >= 0.6 is 0 Å². The lowest BCUT2D eigenvalue weighted by molar-refractivity contribution is -0.151. The predicted molar refractivity (Wildman–Crippen MR) is 66.1 cm³/mol. The maximum Gasteiger partial charge on any atom is 0.306 e. The van der Waals surface area contributed by atoms with Gasteiger partial charge in [0.25, 0.3) is 0 Å². The number of rotatable bonds is 11. The maximum absolute atomic E-state index is 11.2. The van der Waals surface area contributed by atoms with E-state index in [0.717, 1.165) is 0 Å². The molecule has 118 valence electrons. The van der Waals surface area contributed by atoms with Crippen molar-refractivity contribution >= 4 is 11.9 Å². The Kier molecular flexibility index (Phi) is 10.9. The van der Waals surface area contributed by atoms with Crippen molar-refractivity contribution in [2.45, 2.75) is 51.1 Å². The maximum atomic E-state index is 11.2. The zero-order valence-electron chi connectivity index (χ0n) is 11.2. The molecular weight excluding hydrogens is 272 g/mol. The molecule has 8 heteroatoms. The summed E-state index contributed by atoms with van der Waals surface area (Å²) in [6, 6.07) is 0. The molecule has 0 heterocycles. The Hall–Kier alpha value is -1.22. The van der Waals surface area contributed by atoms with Gasteiger partial charge in [0.2, 0.25) is 0 Å². The molecule has 8 nitrogen and oxygen atoms in total. The average molecular weight is 294 g/mol. The minimum Gasteiger partial charge on any atom is -0.466 e. The first-order chi connectivity index (χ1) is 9.41. The SMILES string of the molecule is O=C(CCC(=O)OCCCC(O)O)OCCCC(O)O. The zero-order valence-corrected chi connectivity index (χ0v) is 11.2. The van der Waals surface area contributed by atoms with Crippen LogP contribution in [-0.2, 0) is 19.1 Å². The van der Waals surface area contributed by atoms with Crippen LogP contribution in [0.2, 0.25) is 0 Å². The minimum absolute atomic E-state index is 0.0693. The van der Waals surface area contributed by atoms with Gasteiger partial charge in [-0.1, -0.05) is 0 Å². The van der Waals surface area contributed by atoms with Crippen molar-refractivity contribution in [1.29, 1.82) is 0 Å². The van der Waals surface area contributed by atoms with Crippen molar-refractivity contribution < 1.29 is 39.5 Å². The first-order valence-electron chi connectivity index (χ1n) is 6.45. The third-order valence-electron chi connectivity index (χ3n) is 2.27. The van der Waals surface area contributed by atoms with Gasteiger partial charge in [-0.05, 0) is 12.8 Å². The van der Waals surface area contributed by atoms with Crippen molar-refractivity contribution in [2.24, 2.45) is 0 Å². The Balaban J connectivity index is 3.46. The van der Waals surface area contributed by atoms with E-state index in [-0.39, 0.29) is 38.9 Å². The van der Waals surface area contributed by atoms with Crippen molar-refractivity contribution in [3.8, 4) is 0 Å². The van der Waals surface area contributed by atoms with Gasteiger partial charge < -0.3 is 29.9 Å². The summed E-state index contributed by atoms with van der Waals surface area (Å²) >= 11 is 0. The molecule has 0 saturated heterocycles. The van der Waals surface area contributed by atoms with Crippen LogP contribution in [0, 0.1) is 0 Å². The second-order valence-electron chi connectivity index (χ2n) is 4.19. The van der Waals surface area contributed by atoms with E-state index in [4.69, 9.17) is 29.9 Å². The number of hydrogen-bond donors (Lipinski definition) is 4. The smallest absolute Gasteiger partial charge is 0.306 e. The molecule has 0 aromatic heterocycles. The zero-order chi connectivity index (χ0) is 15.4. The molecule has 0 aliphatic rings. The molecule has 0 saturated carbocycles. The van der Waals surface area contributed by atoms with Crippen molar-refractivity contribution in [1.82, 2.24) is 0 Å². The molecule has 0 spiro atoms. The van der Waals surface area contributed by atoms with E-state index in [1.54, 1.807) is 0 Å². The van der Waals surface area contributed by atoms with E-state index in [0.29, 0.717) is 12.8 Å². The van der Waals surface area contributed by atoms with Crippen LogP contribution in [0.3, 0.4) is 0 Å². The van der Waals surface area contributed by atoms with E-state index in [9.17, 15) is 9.59 Å². The molecule has 0 radical (unpaired) electrons. The lowest BCUT2D eigenvalue weighted by atomic mass is 10.3. The molecule has 0 aromatic rings. The summed E-state index contributed by atoms with van der Waals surface area (Å²) in [7, 11) is 0. The van der Waals surface area contributed by atoms with Crippen LogP contribution in [0.1, 0.15) is 38.5 Å². The van der Waals surface area contributed by atoms with Gasteiger partial charge >= 0.3 is 11.9 Å². The summed E-state index contributed by atoms with van der Waals surface area (Å²) < 4.78 is 9.53. The van der Waals surface area contributed by atoms with Crippen LogP contribution in [0.5, 0.6) is 0 Å². The predicted octanol–water partition coefficient (Wildman–Crippen LogP) is -0.965. The van der Waals surface area contributed by atoms with Gasteiger partial charge in [0.1, 0.15) is 0 Å². The molecule has 20 heavy (non-hydrogen) atoms. The van der Waals surface area contributed by atoms with Crippen molar-refractivity contribution in [3.05, 3.63) is 0 Å². The quantitative estimate of drug-likeness (QED) is 0.217. The second-order valence-corrected chi connectivity index (χ2v) is 4.19. The Bertz CT molecular complexity index is 249. The molecular formula is C12H22O8. The molecule has 0 rings (SSSR count). The van der Waals surface area contributed by atoms with Crippen LogP contribution in [-0.4, -0.2) is 58.2 Å². The van der Waals surface area contributed by atoms with Crippen LogP contribution in [0.15, 0.2) is 0 Å². The van der Waals surface area contributed by atoms with Crippen molar-refractivity contribution in [3.63, 3.8) is 0 Å². The molecule has 0 amide bonds. The second kappa shape index (κ2) is 11.6. The topological polar surface area (TPSA) is 134 Å². The average Bonchev–Trinajstić information content (AvgIpc) is 2.37. The summed E-state index contributed by atoms with van der Waals surface area (Å²) in [5, 5.41) is 34.2. The first-order valence-corrected chi connectivity index (χ1v) is 6.45. The molecule has 0 unspecified atom stereocenters. The fourth-order valence-electron chi connectivity index (χ4n) is 1.25. The highest BCUT2D eigenvalue weighted by atomic mass is 16.5. The fraction of sp³-hybridized carbons (Fsp3) is 0.833. The fourth-order valence-corrected chi connectivity index (χ4v) is 1.25. The largest absolute Gasteiger partial charge is 0.466 e. The third-order valence-corrected chi connectivity index (χ3v) is 2.27. The van der Waals surface area contributed by atoms with E-state index in [2.05, 4.69) is 0 Å². The van der Waals surface area contributed by atoms with Gasteiger partial charge in [0.15, 0.2) is 12.6 Å². The van der Waals surface area contributed by atoms with Gasteiger partial charge in [-0.25, -0.2) is 0 Å². The highest BCUT2D eigenvalue weighted by Crippen LogP contribution is 2.01. The molecule has 0 aliphatic carbocycles. The monoisotopic (exact) mass is 294 g/mol. The Morgan fingerprint density at radius 3 is 1.40 bits per heavy atom. The standard InChI is InChI=1S/C12H22O8/c13-9(14)3-1-7-19-11(17)5-6-12(18)20-8-2-4-10(15)16/h9-10,13-16H,1-8H2. The summed E-state index contributed by atoms with van der Waals surface area (Å²) in [6.45, 7) is 0.139. The van der Waals surface area contributed by atoms with E-state index < -0.39 is 24.5 Å². The Labute approximate surface area is 116 Å². The van der Waals surface area contributed by atoms with Gasteiger partial charge in [0, 0.05) is 12.8 Å². The number of ether oxygens (including phenoxy) is 2. The van der Waals surface area contributed by atoms with Gasteiger partial charge in [-0.15, -0.1) is 0 Å². The third kappa shape index (κ3) is 13.2. The van der Waals surface area contributed by atoms with Crippen LogP contribution in [0.25, 0.3) is 0 Å². The lowest BCUT2D eigenvalue weighted by Gasteiger charge is -2.07. The summed E-state index contributed by atoms with van der Waals surface area (Å²) in [5.41, 5.74) is 0. The highest BCUT2D eigenvalue weighted by Gasteiger charge is 2.09. The summed E-state index contributed by atoms with van der Waals surface area (Å²) in [6.07, 6.45) is -2.15. The first kappa shape index (κ1) is 18.8.